The lowest BCUT2D eigenvalue weighted by molar-refractivity contribution is 0.143. The second-order valence-electron chi connectivity index (χ2n) is 6.90. The molecule has 0 aliphatic rings. The second-order valence-corrected chi connectivity index (χ2v) is 7.31. The maximum Gasteiger partial charge on any atom is 0.511 e. The highest BCUT2D eigenvalue weighted by Gasteiger charge is 2.18. The number of aliphatic hydroxyl groups excluding tert-OH is 2. The molecule has 0 spiro atoms. The summed E-state index contributed by atoms with van der Waals surface area (Å²) < 4.78 is 26.4. The number of carboxylic acid groups (broad SMARTS) is 1. The van der Waals surface area contributed by atoms with Gasteiger partial charge in [-0.25, -0.2) is 9.18 Å². The molecule has 0 radical (unpaired) electrons. The van der Waals surface area contributed by atoms with Crippen molar-refractivity contribution < 1.29 is 34.0 Å². The van der Waals surface area contributed by atoms with Crippen molar-refractivity contribution in [1.82, 2.24) is 4.57 Å². The van der Waals surface area contributed by atoms with Gasteiger partial charge in [0.05, 0.1) is 35.3 Å². The smallest absolute Gasteiger partial charge is 0.493 e. The van der Waals surface area contributed by atoms with Crippen molar-refractivity contribution in [2.24, 2.45) is 0 Å². The highest BCUT2D eigenvalue weighted by atomic mass is 35.5. The molecule has 0 bridgehead atoms. The number of ether oxygens (including phenoxy) is 2. The normalized spacial score (nSPS) is 11.0. The summed E-state index contributed by atoms with van der Waals surface area (Å²) in [6, 6.07) is 7.61. The lowest BCUT2D eigenvalue weighted by Crippen LogP contribution is -2.18. The number of hydrogen-bond donors (Lipinski definition) is 3. The van der Waals surface area contributed by atoms with Crippen LogP contribution in [0.2, 0.25) is 5.02 Å². The van der Waals surface area contributed by atoms with Crippen LogP contribution < -0.4 is 14.9 Å². The van der Waals surface area contributed by atoms with Gasteiger partial charge in [0.25, 0.3) is 0 Å². The quantitative estimate of drug-likeness (QED) is 0.328. The van der Waals surface area contributed by atoms with Gasteiger partial charge in [-0.05, 0) is 23.3 Å². The minimum atomic E-state index is -1.65. The third-order valence-corrected chi connectivity index (χ3v) is 5.03. The van der Waals surface area contributed by atoms with E-state index in [-0.39, 0.29) is 48.8 Å². The molecule has 10 heteroatoms. The molecule has 0 saturated carbocycles. The molecule has 0 atom stereocenters. The van der Waals surface area contributed by atoms with Crippen molar-refractivity contribution in [3.05, 3.63) is 68.7 Å². The number of fused-ring (bicyclic) bond motifs is 1. The zero-order valence-electron chi connectivity index (χ0n) is 16.9. The number of carbonyl (C=O) groups is 1. The van der Waals surface area contributed by atoms with Gasteiger partial charge in [-0.15, -0.1) is 0 Å². The van der Waals surface area contributed by atoms with Crippen molar-refractivity contribution in [3.63, 3.8) is 0 Å². The first-order chi connectivity index (χ1) is 15.3. The summed E-state index contributed by atoms with van der Waals surface area (Å²) in [6.45, 7) is -0.125. The molecule has 0 unspecified atom stereocenters. The first-order valence-corrected chi connectivity index (χ1v) is 10.1. The van der Waals surface area contributed by atoms with Gasteiger partial charge in [0.1, 0.15) is 11.6 Å². The number of pyridine rings is 1. The van der Waals surface area contributed by atoms with Gasteiger partial charge in [0.2, 0.25) is 5.43 Å². The van der Waals surface area contributed by atoms with Gasteiger partial charge >= 0.3 is 6.16 Å². The first-order valence-electron chi connectivity index (χ1n) is 9.74. The average Bonchev–Trinajstić information content (AvgIpc) is 2.75. The van der Waals surface area contributed by atoms with E-state index in [0.29, 0.717) is 23.3 Å². The van der Waals surface area contributed by atoms with Crippen molar-refractivity contribution in [2.45, 2.75) is 19.4 Å². The van der Waals surface area contributed by atoms with E-state index in [4.69, 9.17) is 26.6 Å². The molecule has 0 aliphatic heterocycles. The Morgan fingerprint density at radius 3 is 2.59 bits per heavy atom. The van der Waals surface area contributed by atoms with Crippen LogP contribution in [0, 0.1) is 5.82 Å². The Kier molecular flexibility index (Phi) is 7.68. The van der Waals surface area contributed by atoms with Crippen molar-refractivity contribution in [1.29, 1.82) is 0 Å². The maximum absolute atomic E-state index is 14.5. The Balaban J connectivity index is 2.21. The Hall–Kier alpha value is -3.14. The number of aromatic nitrogens is 1. The van der Waals surface area contributed by atoms with Gasteiger partial charge in [-0.3, -0.25) is 4.79 Å². The lowest BCUT2D eigenvalue weighted by atomic mass is 10.0. The Labute approximate surface area is 187 Å². The van der Waals surface area contributed by atoms with Gasteiger partial charge in [0.15, 0.2) is 5.75 Å². The fourth-order valence-corrected chi connectivity index (χ4v) is 3.50. The van der Waals surface area contributed by atoms with Crippen molar-refractivity contribution in [2.75, 3.05) is 19.8 Å². The number of aliphatic hydroxyl groups is 2. The standard InChI is InChI=1S/C22H21ClFNO7/c23-16-4-1-3-13(20(16)24)9-14-10-15-17(11-18(14)31-8-2-6-26)25(5-7-27)12-19(21(15)28)32-22(29)30/h1,3-4,10-12,26-27H,2,5-9H2,(H,29,30). The monoisotopic (exact) mass is 465 g/mol. The molecule has 8 nitrogen and oxygen atoms in total. The van der Waals surface area contributed by atoms with E-state index in [1.165, 1.54) is 22.9 Å². The topological polar surface area (TPSA) is 118 Å². The summed E-state index contributed by atoms with van der Waals surface area (Å²) in [7, 11) is 0. The summed E-state index contributed by atoms with van der Waals surface area (Å²) in [5.41, 5.74) is 0.427. The summed E-state index contributed by atoms with van der Waals surface area (Å²) >= 11 is 5.88. The molecule has 0 saturated heterocycles. The molecular formula is C22H21ClFNO7. The molecule has 0 fully saturated rings. The highest BCUT2D eigenvalue weighted by molar-refractivity contribution is 6.30. The number of halogens is 2. The number of nitrogens with zero attached hydrogens (tertiary/aromatic N) is 1. The average molecular weight is 466 g/mol. The molecule has 1 aromatic heterocycles. The lowest BCUT2D eigenvalue weighted by Gasteiger charge is -2.17. The molecule has 170 valence electrons. The van der Waals surface area contributed by atoms with E-state index in [1.54, 1.807) is 18.2 Å². The fourth-order valence-electron chi connectivity index (χ4n) is 3.30. The van der Waals surface area contributed by atoms with E-state index >= 15 is 0 Å². The summed E-state index contributed by atoms with van der Waals surface area (Å²) in [5.74, 6) is -0.674. The van der Waals surface area contributed by atoms with E-state index in [9.17, 15) is 19.1 Å². The van der Waals surface area contributed by atoms with Crippen molar-refractivity contribution >= 4 is 28.7 Å². The van der Waals surface area contributed by atoms with Crippen LogP contribution in [0.1, 0.15) is 17.5 Å². The Morgan fingerprint density at radius 2 is 1.91 bits per heavy atom. The first kappa shape index (κ1) is 23.5. The van der Waals surface area contributed by atoms with Gasteiger partial charge in [0, 0.05) is 32.1 Å². The molecular weight excluding hydrogens is 445 g/mol. The summed E-state index contributed by atoms with van der Waals surface area (Å²) in [6.07, 6.45) is -0.0526. The van der Waals surface area contributed by atoms with E-state index in [0.717, 1.165) is 0 Å². The van der Waals surface area contributed by atoms with Crippen LogP contribution in [-0.2, 0) is 13.0 Å². The maximum atomic E-state index is 14.5. The summed E-state index contributed by atoms with van der Waals surface area (Å²) in [5, 5.41) is 27.5. The zero-order valence-corrected chi connectivity index (χ0v) is 17.6. The third kappa shape index (κ3) is 5.18. The predicted molar refractivity (Wildman–Crippen MR) is 115 cm³/mol. The number of rotatable bonds is 9. The van der Waals surface area contributed by atoms with Crippen LogP contribution in [-0.4, -0.2) is 45.9 Å². The SMILES string of the molecule is O=C(O)Oc1cn(CCO)c2cc(OCCCO)c(Cc3cccc(Cl)c3F)cc2c1=O. The van der Waals surface area contributed by atoms with Gasteiger partial charge < -0.3 is 29.4 Å². The largest absolute Gasteiger partial charge is 0.511 e. The Bertz CT molecular complexity index is 1200. The molecule has 3 N–H and O–H groups in total. The Morgan fingerprint density at radius 1 is 1.12 bits per heavy atom. The molecule has 0 aliphatic carbocycles. The predicted octanol–water partition coefficient (Wildman–Crippen LogP) is 3.20. The van der Waals surface area contributed by atoms with Gasteiger partial charge in [-0.1, -0.05) is 23.7 Å². The minimum Gasteiger partial charge on any atom is -0.493 e. The van der Waals surface area contributed by atoms with E-state index in [1.807, 2.05) is 0 Å². The second kappa shape index (κ2) is 10.4. The van der Waals surface area contributed by atoms with Gasteiger partial charge in [-0.2, -0.15) is 0 Å². The molecule has 3 rings (SSSR count). The fraction of sp³-hybridized carbons (Fsp3) is 0.273. The summed E-state index contributed by atoms with van der Waals surface area (Å²) in [4.78, 5) is 23.9. The van der Waals surface area contributed by atoms with Crippen LogP contribution >= 0.6 is 11.6 Å². The minimum absolute atomic E-state index is 0.0419. The van der Waals surface area contributed by atoms with Crippen molar-refractivity contribution in [3.8, 4) is 11.5 Å². The van der Waals surface area contributed by atoms with Crippen LogP contribution in [0.3, 0.4) is 0 Å². The number of benzene rings is 2. The van der Waals surface area contributed by atoms with E-state index in [2.05, 4.69) is 4.74 Å². The zero-order chi connectivity index (χ0) is 23.3. The molecule has 1 heterocycles. The van der Waals surface area contributed by atoms with Crippen LogP contribution in [0.4, 0.5) is 9.18 Å². The third-order valence-electron chi connectivity index (χ3n) is 4.74. The van der Waals surface area contributed by atoms with Crippen LogP contribution in [0.15, 0.2) is 41.3 Å². The molecule has 32 heavy (non-hydrogen) atoms. The molecule has 2 aromatic carbocycles. The molecule has 0 amide bonds. The van der Waals surface area contributed by atoms with E-state index < -0.39 is 23.2 Å². The van der Waals surface area contributed by atoms with Crippen LogP contribution in [0.25, 0.3) is 10.9 Å². The molecule has 3 aromatic rings. The highest BCUT2D eigenvalue weighted by Crippen LogP contribution is 2.30. The number of hydrogen-bond acceptors (Lipinski definition) is 6. The van der Waals surface area contributed by atoms with Crippen LogP contribution in [0.5, 0.6) is 11.5 Å².